The van der Waals surface area contributed by atoms with E-state index in [9.17, 15) is 5.11 Å². The lowest BCUT2D eigenvalue weighted by Gasteiger charge is -2.22. The van der Waals surface area contributed by atoms with Gasteiger partial charge in [-0.15, -0.1) is 0 Å². The quantitative estimate of drug-likeness (QED) is 0.828. The van der Waals surface area contributed by atoms with Gasteiger partial charge in [0.05, 0.1) is 0 Å². The molecule has 0 aromatic heterocycles. The van der Waals surface area contributed by atoms with E-state index in [1.54, 1.807) is 12.1 Å². The topological polar surface area (TPSA) is 55.5 Å². The zero-order valence-corrected chi connectivity index (χ0v) is 10.4. The van der Waals surface area contributed by atoms with Crippen LogP contribution < -0.4 is 10.5 Å². The minimum atomic E-state index is -0.245. The predicted octanol–water partition coefficient (Wildman–Crippen LogP) is 2.98. The van der Waals surface area contributed by atoms with E-state index in [2.05, 4.69) is 0 Å². The molecule has 1 rings (SSSR count). The number of ether oxygens (including phenoxy) is 1. The molecule has 3 nitrogen and oxygen atoms in total. The molecule has 16 heavy (non-hydrogen) atoms. The van der Waals surface area contributed by atoms with E-state index in [1.165, 1.54) is 0 Å². The summed E-state index contributed by atoms with van der Waals surface area (Å²) in [7, 11) is 0. The third kappa shape index (κ3) is 3.42. The Balaban J connectivity index is 2.98. The molecule has 1 atom stereocenters. The summed E-state index contributed by atoms with van der Waals surface area (Å²) in [5.74, 6) is 0.972. The Morgan fingerprint density at radius 1 is 1.38 bits per heavy atom. The molecule has 0 radical (unpaired) electrons. The van der Waals surface area contributed by atoms with Gasteiger partial charge >= 0.3 is 0 Å². The molecule has 0 heterocycles. The van der Waals surface area contributed by atoms with Crippen LogP contribution >= 0.6 is 0 Å². The van der Waals surface area contributed by atoms with Gasteiger partial charge in [0.1, 0.15) is 17.1 Å². The van der Waals surface area contributed by atoms with E-state index in [-0.39, 0.29) is 17.4 Å². The number of rotatable bonds is 3. The Labute approximate surface area is 97.2 Å². The first-order chi connectivity index (χ1) is 7.33. The van der Waals surface area contributed by atoms with Crippen molar-refractivity contribution in [2.45, 2.75) is 45.8 Å². The molecule has 90 valence electrons. The summed E-state index contributed by atoms with van der Waals surface area (Å²) in [6.45, 7) is 7.94. The number of phenolic OH excluding ortho intramolecular Hbond substituents is 1. The number of phenols is 1. The largest absolute Gasteiger partial charge is 0.508 e. The summed E-state index contributed by atoms with van der Waals surface area (Å²) in [5, 5.41) is 9.70. The van der Waals surface area contributed by atoms with E-state index in [0.29, 0.717) is 0 Å². The van der Waals surface area contributed by atoms with Gasteiger partial charge < -0.3 is 15.6 Å². The first-order valence-electron chi connectivity index (χ1n) is 5.61. The van der Waals surface area contributed by atoms with Crippen LogP contribution in [0.5, 0.6) is 11.5 Å². The third-order valence-corrected chi connectivity index (χ3v) is 2.26. The highest BCUT2D eigenvalue weighted by Gasteiger charge is 2.15. The molecule has 0 amide bonds. The summed E-state index contributed by atoms with van der Waals surface area (Å²) in [6, 6.07) is 5.05. The van der Waals surface area contributed by atoms with Crippen LogP contribution in [-0.2, 0) is 0 Å². The molecule has 0 saturated carbocycles. The summed E-state index contributed by atoms with van der Waals surface area (Å²) < 4.78 is 5.73. The van der Waals surface area contributed by atoms with Gasteiger partial charge in [0.25, 0.3) is 0 Å². The Morgan fingerprint density at radius 3 is 2.50 bits per heavy atom. The Morgan fingerprint density at radius 2 is 2.00 bits per heavy atom. The van der Waals surface area contributed by atoms with Crippen molar-refractivity contribution >= 4 is 0 Å². The van der Waals surface area contributed by atoms with E-state index >= 15 is 0 Å². The SMILES string of the molecule is CC[C@@H](N)c1cc(OC(C)(C)C)ccc1O. The number of nitrogens with two attached hydrogens (primary N) is 1. The van der Waals surface area contributed by atoms with Crippen molar-refractivity contribution < 1.29 is 9.84 Å². The normalized spacial score (nSPS) is 13.6. The zero-order valence-electron chi connectivity index (χ0n) is 10.4. The Hall–Kier alpha value is -1.22. The lowest BCUT2D eigenvalue weighted by Crippen LogP contribution is -2.23. The Kier molecular flexibility index (Phi) is 3.81. The maximum Gasteiger partial charge on any atom is 0.120 e. The van der Waals surface area contributed by atoms with Crippen molar-refractivity contribution in [3.8, 4) is 11.5 Å². The minimum Gasteiger partial charge on any atom is -0.508 e. The maximum absolute atomic E-state index is 9.70. The van der Waals surface area contributed by atoms with Crippen LogP contribution in [0.4, 0.5) is 0 Å². The average Bonchev–Trinajstić information content (AvgIpc) is 2.18. The molecule has 0 fully saturated rings. The van der Waals surface area contributed by atoms with Gasteiger partial charge in [-0.05, 0) is 45.4 Å². The molecule has 3 heteroatoms. The lowest BCUT2D eigenvalue weighted by molar-refractivity contribution is 0.130. The van der Waals surface area contributed by atoms with Crippen LogP contribution in [0.2, 0.25) is 0 Å². The summed E-state index contributed by atoms with van der Waals surface area (Å²) >= 11 is 0. The average molecular weight is 223 g/mol. The van der Waals surface area contributed by atoms with Crippen molar-refractivity contribution in [1.82, 2.24) is 0 Å². The predicted molar refractivity (Wildman–Crippen MR) is 65.7 cm³/mol. The fraction of sp³-hybridized carbons (Fsp3) is 0.538. The van der Waals surface area contributed by atoms with Gasteiger partial charge in [0.15, 0.2) is 0 Å². The van der Waals surface area contributed by atoms with Crippen molar-refractivity contribution in [3.05, 3.63) is 23.8 Å². The molecule has 1 aromatic rings. The highest BCUT2D eigenvalue weighted by atomic mass is 16.5. The molecule has 0 spiro atoms. The molecular weight excluding hydrogens is 202 g/mol. The minimum absolute atomic E-state index is 0.150. The third-order valence-electron chi connectivity index (χ3n) is 2.26. The molecule has 1 aromatic carbocycles. The smallest absolute Gasteiger partial charge is 0.120 e. The van der Waals surface area contributed by atoms with Crippen LogP contribution in [0, 0.1) is 0 Å². The maximum atomic E-state index is 9.70. The number of benzene rings is 1. The fourth-order valence-corrected chi connectivity index (χ4v) is 1.47. The van der Waals surface area contributed by atoms with Gasteiger partial charge in [-0.3, -0.25) is 0 Å². The van der Waals surface area contributed by atoms with Gasteiger partial charge in [0.2, 0.25) is 0 Å². The molecular formula is C13H21NO2. The molecule has 0 aliphatic rings. The lowest BCUT2D eigenvalue weighted by atomic mass is 10.0. The van der Waals surface area contributed by atoms with Gasteiger partial charge in [0, 0.05) is 11.6 Å². The van der Waals surface area contributed by atoms with E-state index in [4.69, 9.17) is 10.5 Å². The van der Waals surface area contributed by atoms with Crippen LogP contribution in [0.15, 0.2) is 18.2 Å². The standard InChI is InChI=1S/C13H21NO2/c1-5-11(14)10-8-9(6-7-12(10)15)16-13(2,3)4/h6-8,11,15H,5,14H2,1-4H3/t11-/m1/s1. The monoisotopic (exact) mass is 223 g/mol. The van der Waals surface area contributed by atoms with Gasteiger partial charge in [-0.25, -0.2) is 0 Å². The van der Waals surface area contributed by atoms with Crippen molar-refractivity contribution in [2.75, 3.05) is 0 Å². The first kappa shape index (κ1) is 12.8. The molecule has 0 aliphatic carbocycles. The second kappa shape index (κ2) is 4.74. The summed E-state index contributed by atoms with van der Waals surface area (Å²) in [5.41, 5.74) is 6.41. The molecule has 0 aliphatic heterocycles. The van der Waals surface area contributed by atoms with Crippen molar-refractivity contribution in [2.24, 2.45) is 5.73 Å². The van der Waals surface area contributed by atoms with Gasteiger partial charge in [-0.1, -0.05) is 6.92 Å². The van der Waals surface area contributed by atoms with Crippen molar-refractivity contribution in [3.63, 3.8) is 0 Å². The molecule has 0 bridgehead atoms. The summed E-state index contributed by atoms with van der Waals surface area (Å²) in [4.78, 5) is 0. The summed E-state index contributed by atoms with van der Waals surface area (Å²) in [6.07, 6.45) is 0.784. The van der Waals surface area contributed by atoms with Crippen molar-refractivity contribution in [1.29, 1.82) is 0 Å². The van der Waals surface area contributed by atoms with Crippen LogP contribution in [0.3, 0.4) is 0 Å². The van der Waals surface area contributed by atoms with E-state index in [0.717, 1.165) is 17.7 Å². The van der Waals surface area contributed by atoms with Gasteiger partial charge in [-0.2, -0.15) is 0 Å². The highest BCUT2D eigenvalue weighted by Crippen LogP contribution is 2.30. The second-order valence-electron chi connectivity index (χ2n) is 4.95. The fourth-order valence-electron chi connectivity index (χ4n) is 1.47. The van der Waals surface area contributed by atoms with E-state index in [1.807, 2.05) is 33.8 Å². The molecule has 3 N–H and O–H groups in total. The number of aromatic hydroxyl groups is 1. The van der Waals surface area contributed by atoms with Crippen LogP contribution in [0.25, 0.3) is 0 Å². The Bertz CT molecular complexity index is 355. The first-order valence-corrected chi connectivity index (χ1v) is 5.61. The molecule has 0 saturated heterocycles. The number of hydrogen-bond donors (Lipinski definition) is 2. The van der Waals surface area contributed by atoms with E-state index < -0.39 is 0 Å². The second-order valence-corrected chi connectivity index (χ2v) is 4.95. The van der Waals surface area contributed by atoms with Crippen LogP contribution in [-0.4, -0.2) is 10.7 Å². The zero-order chi connectivity index (χ0) is 12.3. The molecule has 0 unspecified atom stereocenters. The van der Waals surface area contributed by atoms with Crippen LogP contribution in [0.1, 0.15) is 45.7 Å². The highest BCUT2D eigenvalue weighted by molar-refractivity contribution is 5.41. The number of hydrogen-bond acceptors (Lipinski definition) is 3.